The van der Waals surface area contributed by atoms with Gasteiger partial charge in [-0.2, -0.15) is 9.78 Å². The lowest BCUT2D eigenvalue weighted by Gasteiger charge is -2.34. The van der Waals surface area contributed by atoms with Crippen molar-refractivity contribution in [1.29, 1.82) is 0 Å². The fraction of sp³-hybridized carbons (Fsp3) is 0.429. The number of nitrogens with one attached hydrogen (secondary N) is 2. The van der Waals surface area contributed by atoms with Crippen molar-refractivity contribution in [3.8, 4) is 11.3 Å². The van der Waals surface area contributed by atoms with E-state index in [1.54, 1.807) is 24.3 Å². The maximum absolute atomic E-state index is 15.4. The van der Waals surface area contributed by atoms with Gasteiger partial charge in [-0.3, -0.25) is 24.6 Å². The maximum Gasteiger partial charge on any atom is 0.328 e. The standard InChI is InChI=1S/C31H38FN5O3.C4H4O4/c1-3-4-5-6-7-8-9-13-25(38)37-24-12-10-11-23(32)28(24)29(35-37)21-14-15-22-27(31(40)34-30(22)39)26(21)20(2)36-18-16-33-17-19-36;5-3(6)1-2-4(7)8/h10-12,14-15,20,33H,3-9,13,16-19H2,1-2H3,(H,34,39,40);1-2H,(H,5,6)(H,7,8). The molecule has 1 atom stereocenters. The van der Waals surface area contributed by atoms with Gasteiger partial charge in [-0.05, 0) is 37.1 Å². The van der Waals surface area contributed by atoms with E-state index in [0.29, 0.717) is 52.0 Å². The summed E-state index contributed by atoms with van der Waals surface area (Å²) in [5.74, 6) is -4.07. The molecule has 2 amide bonds. The van der Waals surface area contributed by atoms with Gasteiger partial charge in [-0.15, -0.1) is 0 Å². The summed E-state index contributed by atoms with van der Waals surface area (Å²) in [6, 6.07) is 7.76. The Labute approximate surface area is 278 Å². The third kappa shape index (κ3) is 8.58. The molecular weight excluding hydrogens is 621 g/mol. The summed E-state index contributed by atoms with van der Waals surface area (Å²) >= 11 is 0. The number of carboxylic acid groups (broad SMARTS) is 2. The van der Waals surface area contributed by atoms with Crippen LogP contribution < -0.4 is 10.6 Å². The molecule has 0 radical (unpaired) electrons. The number of hydrogen-bond donors (Lipinski definition) is 4. The van der Waals surface area contributed by atoms with Gasteiger partial charge < -0.3 is 15.5 Å². The molecule has 1 unspecified atom stereocenters. The molecular formula is C35H42FN5O7. The molecule has 256 valence electrons. The van der Waals surface area contributed by atoms with Crippen molar-refractivity contribution >= 4 is 40.6 Å². The molecule has 13 heteroatoms. The zero-order valence-electron chi connectivity index (χ0n) is 27.3. The van der Waals surface area contributed by atoms with Crippen LogP contribution >= 0.6 is 0 Å². The van der Waals surface area contributed by atoms with Gasteiger partial charge >= 0.3 is 11.9 Å². The Morgan fingerprint density at radius 1 is 0.917 bits per heavy atom. The number of unbranched alkanes of at least 4 members (excludes halogenated alkanes) is 6. The molecule has 2 aromatic carbocycles. The van der Waals surface area contributed by atoms with E-state index in [-0.39, 0.29) is 17.3 Å². The second-order valence-electron chi connectivity index (χ2n) is 11.9. The molecule has 1 aromatic heterocycles. The fourth-order valence-corrected chi connectivity index (χ4v) is 6.17. The van der Waals surface area contributed by atoms with Crippen LogP contribution in [0, 0.1) is 5.82 Å². The van der Waals surface area contributed by atoms with E-state index in [9.17, 15) is 24.0 Å². The van der Waals surface area contributed by atoms with E-state index in [1.165, 1.54) is 36.4 Å². The van der Waals surface area contributed by atoms with Gasteiger partial charge in [-0.1, -0.05) is 57.6 Å². The first-order valence-corrected chi connectivity index (χ1v) is 16.4. The molecule has 0 spiro atoms. The first-order chi connectivity index (χ1) is 23.0. The number of rotatable bonds is 13. The molecule has 12 nitrogen and oxygen atoms in total. The highest BCUT2D eigenvalue weighted by Gasteiger charge is 2.36. The van der Waals surface area contributed by atoms with Crippen molar-refractivity contribution in [3.05, 3.63) is 65.0 Å². The van der Waals surface area contributed by atoms with Crippen LogP contribution in [0.25, 0.3) is 22.2 Å². The van der Waals surface area contributed by atoms with E-state index >= 15 is 4.39 Å². The molecule has 3 heterocycles. The number of benzene rings is 2. The third-order valence-electron chi connectivity index (χ3n) is 8.57. The molecule has 0 aliphatic carbocycles. The number of aliphatic carboxylic acids is 2. The number of halogens is 1. The molecule has 5 rings (SSSR count). The minimum atomic E-state index is -1.26. The third-order valence-corrected chi connectivity index (χ3v) is 8.57. The van der Waals surface area contributed by atoms with Crippen LogP contribution in [-0.4, -0.2) is 80.7 Å². The number of carboxylic acids is 2. The normalized spacial score (nSPS) is 15.2. The molecule has 48 heavy (non-hydrogen) atoms. The molecule has 0 bridgehead atoms. The van der Waals surface area contributed by atoms with Crippen LogP contribution in [0.1, 0.15) is 102 Å². The van der Waals surface area contributed by atoms with Gasteiger partial charge in [0.05, 0.1) is 22.0 Å². The number of nitrogens with zero attached hydrogens (tertiary/aromatic N) is 3. The first-order valence-electron chi connectivity index (χ1n) is 16.4. The second-order valence-corrected chi connectivity index (χ2v) is 11.9. The fourth-order valence-electron chi connectivity index (χ4n) is 6.17. The van der Waals surface area contributed by atoms with Crippen LogP contribution in [0.4, 0.5) is 4.39 Å². The molecule has 2 aliphatic rings. The first kappa shape index (κ1) is 36.1. The minimum absolute atomic E-state index is 0.179. The van der Waals surface area contributed by atoms with Gasteiger partial charge in [0.2, 0.25) is 5.91 Å². The molecule has 1 saturated heterocycles. The minimum Gasteiger partial charge on any atom is -0.478 e. The van der Waals surface area contributed by atoms with Crippen molar-refractivity contribution in [3.63, 3.8) is 0 Å². The number of aromatic nitrogens is 2. The Morgan fingerprint density at radius 2 is 1.54 bits per heavy atom. The predicted octanol–water partition coefficient (Wildman–Crippen LogP) is 5.18. The average Bonchev–Trinajstić information content (AvgIpc) is 3.60. The Bertz CT molecular complexity index is 1690. The number of piperazine rings is 1. The van der Waals surface area contributed by atoms with Crippen molar-refractivity contribution in [1.82, 2.24) is 25.3 Å². The number of amides is 2. The molecule has 4 N–H and O–H groups in total. The Kier molecular flexibility index (Phi) is 12.7. The van der Waals surface area contributed by atoms with Crippen LogP contribution in [0.2, 0.25) is 0 Å². The summed E-state index contributed by atoms with van der Waals surface area (Å²) in [7, 11) is 0. The molecule has 0 saturated carbocycles. The quantitative estimate of drug-likeness (QED) is 0.108. The zero-order valence-corrected chi connectivity index (χ0v) is 27.3. The van der Waals surface area contributed by atoms with Crippen molar-refractivity contribution in [2.45, 2.75) is 71.3 Å². The summed E-state index contributed by atoms with van der Waals surface area (Å²) in [4.78, 5) is 60.3. The highest BCUT2D eigenvalue weighted by molar-refractivity contribution is 6.23. The number of hydrogen-bond acceptors (Lipinski definition) is 8. The summed E-state index contributed by atoms with van der Waals surface area (Å²) in [5.41, 5.74) is 2.54. The second kappa shape index (κ2) is 16.9. The number of carbonyl (C=O) groups is 5. The van der Waals surface area contributed by atoms with Crippen molar-refractivity contribution < 1.29 is 38.6 Å². The van der Waals surface area contributed by atoms with Gasteiger partial charge in [0.15, 0.2) is 0 Å². The topological polar surface area (TPSA) is 171 Å². The van der Waals surface area contributed by atoms with Gasteiger partial charge in [-0.25, -0.2) is 14.0 Å². The van der Waals surface area contributed by atoms with Crippen molar-refractivity contribution in [2.24, 2.45) is 0 Å². The highest BCUT2D eigenvalue weighted by atomic mass is 19.1. The molecule has 1 fully saturated rings. The average molecular weight is 664 g/mol. The lowest BCUT2D eigenvalue weighted by molar-refractivity contribution is -0.134. The molecule has 2 aliphatic heterocycles. The summed E-state index contributed by atoms with van der Waals surface area (Å²) < 4.78 is 16.8. The van der Waals surface area contributed by atoms with E-state index in [2.05, 4.69) is 22.5 Å². The van der Waals surface area contributed by atoms with Crippen molar-refractivity contribution in [2.75, 3.05) is 26.2 Å². The predicted molar refractivity (Wildman–Crippen MR) is 177 cm³/mol. The van der Waals surface area contributed by atoms with Gasteiger partial charge in [0.1, 0.15) is 11.5 Å². The van der Waals surface area contributed by atoms with E-state index in [1.807, 2.05) is 6.92 Å². The van der Waals surface area contributed by atoms with E-state index < -0.39 is 29.6 Å². The van der Waals surface area contributed by atoms with Crippen LogP contribution in [0.5, 0.6) is 0 Å². The summed E-state index contributed by atoms with van der Waals surface area (Å²) in [6.07, 6.45) is 9.08. The monoisotopic (exact) mass is 663 g/mol. The van der Waals surface area contributed by atoms with Gasteiger partial charge in [0, 0.05) is 56.4 Å². The number of imide groups is 1. The van der Waals surface area contributed by atoms with Crippen LogP contribution in [-0.2, 0) is 9.59 Å². The lowest BCUT2D eigenvalue weighted by Crippen LogP contribution is -2.44. The molecule has 3 aromatic rings. The SMILES string of the molecule is CCCCCCCCCC(=O)n1nc(-c2ccc3c(c2C(C)N2CCNCC2)C(=O)NC3=O)c2c(F)cccc21.O=C(O)C=CC(=O)O. The van der Waals surface area contributed by atoms with E-state index in [0.717, 1.165) is 45.4 Å². The van der Waals surface area contributed by atoms with Crippen LogP contribution in [0.15, 0.2) is 42.5 Å². The van der Waals surface area contributed by atoms with Crippen LogP contribution in [0.3, 0.4) is 0 Å². The largest absolute Gasteiger partial charge is 0.478 e. The van der Waals surface area contributed by atoms with E-state index in [4.69, 9.17) is 15.3 Å². The smallest absolute Gasteiger partial charge is 0.328 e. The Hall–Kier alpha value is -4.75. The highest BCUT2D eigenvalue weighted by Crippen LogP contribution is 2.40. The summed E-state index contributed by atoms with van der Waals surface area (Å²) in [6.45, 7) is 7.33. The summed E-state index contributed by atoms with van der Waals surface area (Å²) in [5, 5.41) is 26.3. The van der Waals surface area contributed by atoms with Gasteiger partial charge in [0.25, 0.3) is 11.8 Å². The zero-order chi connectivity index (χ0) is 34.8. The number of carbonyl (C=O) groups excluding carboxylic acids is 3. The maximum atomic E-state index is 15.4. The lowest BCUT2D eigenvalue weighted by atomic mass is 9.89. The number of fused-ring (bicyclic) bond motifs is 2. The Morgan fingerprint density at radius 3 is 2.19 bits per heavy atom. The Balaban J connectivity index is 0.000000579.